The molecule has 9 heteroatoms. The molecule has 0 bridgehead atoms. The van der Waals surface area contributed by atoms with Gasteiger partial charge in [0.05, 0.1) is 22.8 Å². The zero-order chi connectivity index (χ0) is 17.9. The minimum absolute atomic E-state index is 0.242. The molecule has 134 valence electrons. The SMILES string of the molecule is FC(F)(F)c1cnc(N2CCCC(COc3cnccn3)C2)c(Br)c1. The second kappa shape index (κ2) is 7.55. The Bertz CT molecular complexity index is 714. The predicted molar refractivity (Wildman–Crippen MR) is 89.4 cm³/mol. The van der Waals surface area contributed by atoms with Gasteiger partial charge in [-0.15, -0.1) is 0 Å². The number of hydrogen-bond donors (Lipinski definition) is 0. The van der Waals surface area contributed by atoms with Crippen LogP contribution in [0.2, 0.25) is 0 Å². The highest BCUT2D eigenvalue weighted by molar-refractivity contribution is 9.10. The molecular formula is C16H16BrF3N4O. The predicted octanol–water partition coefficient (Wildman–Crippen LogP) is 3.95. The van der Waals surface area contributed by atoms with Gasteiger partial charge >= 0.3 is 6.18 Å². The van der Waals surface area contributed by atoms with Crippen molar-refractivity contribution in [2.45, 2.75) is 19.0 Å². The number of nitrogens with zero attached hydrogens (tertiary/aromatic N) is 4. The Kier molecular flexibility index (Phi) is 5.41. The van der Waals surface area contributed by atoms with Crippen LogP contribution in [-0.4, -0.2) is 34.6 Å². The van der Waals surface area contributed by atoms with Crippen LogP contribution in [0.5, 0.6) is 5.88 Å². The molecule has 0 N–H and O–H groups in total. The fourth-order valence-electron chi connectivity index (χ4n) is 2.78. The summed E-state index contributed by atoms with van der Waals surface area (Å²) in [4.78, 5) is 14.0. The fraction of sp³-hybridized carbons (Fsp3) is 0.438. The van der Waals surface area contributed by atoms with Crippen molar-refractivity contribution in [3.05, 3.63) is 40.9 Å². The minimum Gasteiger partial charge on any atom is -0.476 e. The Morgan fingerprint density at radius 1 is 1.24 bits per heavy atom. The van der Waals surface area contributed by atoms with Gasteiger partial charge in [-0.1, -0.05) is 0 Å². The van der Waals surface area contributed by atoms with Gasteiger partial charge in [-0.3, -0.25) is 4.98 Å². The second-order valence-corrected chi connectivity index (χ2v) is 6.69. The molecule has 0 spiro atoms. The van der Waals surface area contributed by atoms with E-state index in [1.165, 1.54) is 0 Å². The third-order valence-electron chi connectivity index (χ3n) is 3.97. The Hall–Kier alpha value is -1.90. The van der Waals surface area contributed by atoms with Crippen molar-refractivity contribution in [1.82, 2.24) is 15.0 Å². The number of rotatable bonds is 4. The second-order valence-electron chi connectivity index (χ2n) is 5.84. The van der Waals surface area contributed by atoms with Crippen LogP contribution in [0.15, 0.2) is 35.3 Å². The summed E-state index contributed by atoms with van der Waals surface area (Å²) in [5.41, 5.74) is -0.761. The summed E-state index contributed by atoms with van der Waals surface area (Å²) in [6.07, 6.45) is 3.06. The summed E-state index contributed by atoms with van der Waals surface area (Å²) in [6, 6.07) is 1.07. The molecule has 1 saturated heterocycles. The van der Waals surface area contributed by atoms with E-state index >= 15 is 0 Å². The zero-order valence-corrected chi connectivity index (χ0v) is 14.8. The van der Waals surface area contributed by atoms with E-state index < -0.39 is 11.7 Å². The van der Waals surface area contributed by atoms with E-state index in [0.717, 1.165) is 31.6 Å². The van der Waals surface area contributed by atoms with Crippen LogP contribution in [0.1, 0.15) is 18.4 Å². The van der Waals surface area contributed by atoms with E-state index in [1.54, 1.807) is 18.6 Å². The first-order valence-electron chi connectivity index (χ1n) is 7.80. The molecule has 1 aliphatic heterocycles. The van der Waals surface area contributed by atoms with Gasteiger partial charge in [-0.25, -0.2) is 9.97 Å². The van der Waals surface area contributed by atoms with E-state index in [2.05, 4.69) is 30.9 Å². The first-order chi connectivity index (χ1) is 11.9. The van der Waals surface area contributed by atoms with Crippen molar-refractivity contribution in [3.8, 4) is 5.88 Å². The third kappa shape index (κ3) is 4.59. The van der Waals surface area contributed by atoms with Crippen molar-refractivity contribution < 1.29 is 17.9 Å². The molecule has 3 rings (SSSR count). The zero-order valence-electron chi connectivity index (χ0n) is 13.2. The first kappa shape index (κ1) is 17.9. The number of piperidine rings is 1. The average Bonchev–Trinajstić information content (AvgIpc) is 2.60. The fourth-order valence-corrected chi connectivity index (χ4v) is 3.37. The van der Waals surface area contributed by atoms with E-state index in [1.807, 2.05) is 4.90 Å². The van der Waals surface area contributed by atoms with Gasteiger partial charge < -0.3 is 9.64 Å². The van der Waals surface area contributed by atoms with E-state index in [0.29, 0.717) is 29.3 Å². The lowest BCUT2D eigenvalue weighted by Crippen LogP contribution is -2.38. The largest absolute Gasteiger partial charge is 0.476 e. The standard InChI is InChI=1S/C16H16BrF3N4O/c17-13-6-12(16(18,19)20)7-23-15(13)24-5-1-2-11(9-24)10-25-14-8-21-3-4-22-14/h3-4,6-8,11H,1-2,5,9-10H2. The number of anilines is 1. The summed E-state index contributed by atoms with van der Waals surface area (Å²) < 4.78 is 44.3. The molecule has 1 aliphatic rings. The van der Waals surface area contributed by atoms with Crippen molar-refractivity contribution in [3.63, 3.8) is 0 Å². The molecule has 25 heavy (non-hydrogen) atoms. The Morgan fingerprint density at radius 3 is 2.76 bits per heavy atom. The van der Waals surface area contributed by atoms with Crippen LogP contribution in [0.3, 0.4) is 0 Å². The molecule has 0 amide bonds. The number of hydrogen-bond acceptors (Lipinski definition) is 5. The number of aromatic nitrogens is 3. The number of pyridine rings is 1. The van der Waals surface area contributed by atoms with E-state index in [9.17, 15) is 13.2 Å². The van der Waals surface area contributed by atoms with Crippen molar-refractivity contribution in [2.75, 3.05) is 24.6 Å². The van der Waals surface area contributed by atoms with Gasteiger partial charge in [0.1, 0.15) is 5.82 Å². The van der Waals surface area contributed by atoms with Gasteiger partial charge in [0.15, 0.2) is 0 Å². The molecule has 0 aromatic carbocycles. The molecular weight excluding hydrogens is 401 g/mol. The molecule has 1 atom stereocenters. The van der Waals surface area contributed by atoms with Crippen molar-refractivity contribution in [2.24, 2.45) is 5.92 Å². The summed E-state index contributed by atoms with van der Waals surface area (Å²) >= 11 is 3.22. The van der Waals surface area contributed by atoms with Gasteiger partial charge in [0, 0.05) is 37.6 Å². The Labute approximate surface area is 151 Å². The maximum atomic E-state index is 12.8. The van der Waals surface area contributed by atoms with Gasteiger partial charge in [-0.2, -0.15) is 13.2 Å². The average molecular weight is 417 g/mol. The number of ether oxygens (including phenoxy) is 1. The maximum Gasteiger partial charge on any atom is 0.417 e. The summed E-state index contributed by atoms with van der Waals surface area (Å²) in [5.74, 6) is 1.23. The minimum atomic E-state index is -4.40. The topological polar surface area (TPSA) is 51.1 Å². The smallest absolute Gasteiger partial charge is 0.417 e. The molecule has 1 unspecified atom stereocenters. The normalized spacial score (nSPS) is 18.2. The Morgan fingerprint density at radius 2 is 2.08 bits per heavy atom. The molecule has 0 saturated carbocycles. The number of halogens is 4. The van der Waals surface area contributed by atoms with Crippen LogP contribution in [0.4, 0.5) is 19.0 Å². The molecule has 1 fully saturated rings. The van der Waals surface area contributed by atoms with Crippen molar-refractivity contribution >= 4 is 21.7 Å². The van der Waals surface area contributed by atoms with Crippen LogP contribution in [0.25, 0.3) is 0 Å². The molecule has 0 radical (unpaired) electrons. The monoisotopic (exact) mass is 416 g/mol. The van der Waals surface area contributed by atoms with Gasteiger partial charge in [-0.05, 0) is 34.8 Å². The van der Waals surface area contributed by atoms with Gasteiger partial charge in [0.2, 0.25) is 5.88 Å². The quantitative estimate of drug-likeness (QED) is 0.754. The Balaban J connectivity index is 1.65. The molecule has 3 heterocycles. The highest BCUT2D eigenvalue weighted by atomic mass is 79.9. The first-order valence-corrected chi connectivity index (χ1v) is 8.59. The van der Waals surface area contributed by atoms with Crippen LogP contribution >= 0.6 is 15.9 Å². The van der Waals surface area contributed by atoms with Crippen LogP contribution < -0.4 is 9.64 Å². The number of alkyl halides is 3. The van der Waals surface area contributed by atoms with Crippen LogP contribution in [-0.2, 0) is 6.18 Å². The van der Waals surface area contributed by atoms with Crippen molar-refractivity contribution in [1.29, 1.82) is 0 Å². The van der Waals surface area contributed by atoms with Crippen LogP contribution in [0, 0.1) is 5.92 Å². The maximum absolute atomic E-state index is 12.8. The lowest BCUT2D eigenvalue weighted by atomic mass is 9.99. The van der Waals surface area contributed by atoms with Gasteiger partial charge in [0.25, 0.3) is 0 Å². The molecule has 5 nitrogen and oxygen atoms in total. The summed E-state index contributed by atoms with van der Waals surface area (Å²) in [5, 5.41) is 0. The third-order valence-corrected chi connectivity index (χ3v) is 4.56. The lowest BCUT2D eigenvalue weighted by molar-refractivity contribution is -0.137. The highest BCUT2D eigenvalue weighted by Crippen LogP contribution is 2.34. The summed E-state index contributed by atoms with van der Waals surface area (Å²) in [7, 11) is 0. The highest BCUT2D eigenvalue weighted by Gasteiger charge is 2.32. The molecule has 2 aromatic heterocycles. The van der Waals surface area contributed by atoms with E-state index in [4.69, 9.17) is 4.74 Å². The summed E-state index contributed by atoms with van der Waals surface area (Å²) in [6.45, 7) is 1.89. The molecule has 0 aliphatic carbocycles. The molecule has 2 aromatic rings. The van der Waals surface area contributed by atoms with E-state index in [-0.39, 0.29) is 5.92 Å². The lowest BCUT2D eigenvalue weighted by Gasteiger charge is -2.34.